The zero-order chi connectivity index (χ0) is 9.84. The Hall–Kier alpha value is -1.31. The average molecular weight is 178 g/mol. The van der Waals surface area contributed by atoms with Gasteiger partial charge in [0.1, 0.15) is 12.0 Å². The van der Waals surface area contributed by atoms with Crippen molar-refractivity contribution in [3.05, 3.63) is 29.3 Å². The molecule has 0 fully saturated rings. The molecule has 0 aliphatic heterocycles. The highest BCUT2D eigenvalue weighted by molar-refractivity contribution is 5.62. The summed E-state index contributed by atoms with van der Waals surface area (Å²) < 4.78 is 5.08. The van der Waals surface area contributed by atoms with E-state index in [-0.39, 0.29) is 5.92 Å². The Morgan fingerprint density at radius 3 is 2.62 bits per heavy atom. The molecule has 70 valence electrons. The molecular formula is C11H14O2. The lowest BCUT2D eigenvalue weighted by Gasteiger charge is -2.09. The first kappa shape index (κ1) is 9.78. The Balaban J connectivity index is 3.04. The number of methoxy groups -OCH3 is 1. The van der Waals surface area contributed by atoms with Gasteiger partial charge in [0.2, 0.25) is 0 Å². The topological polar surface area (TPSA) is 26.3 Å². The van der Waals surface area contributed by atoms with E-state index in [1.165, 1.54) is 0 Å². The number of rotatable bonds is 3. The smallest absolute Gasteiger partial charge is 0.127 e. The number of hydrogen-bond acceptors (Lipinski definition) is 2. The van der Waals surface area contributed by atoms with Gasteiger partial charge < -0.3 is 9.53 Å². The highest BCUT2D eigenvalue weighted by Gasteiger charge is 2.07. The molecule has 1 atom stereocenters. The number of carbonyl (C=O) groups is 1. The van der Waals surface area contributed by atoms with E-state index >= 15 is 0 Å². The minimum absolute atomic E-state index is 0.0362. The normalized spacial score (nSPS) is 12.2. The molecule has 0 bridgehead atoms. The van der Waals surface area contributed by atoms with Crippen molar-refractivity contribution >= 4 is 6.29 Å². The monoisotopic (exact) mass is 178 g/mol. The first-order valence-corrected chi connectivity index (χ1v) is 4.29. The Kier molecular flexibility index (Phi) is 3.07. The van der Waals surface area contributed by atoms with Gasteiger partial charge >= 0.3 is 0 Å². The number of hydrogen-bond donors (Lipinski definition) is 0. The predicted molar refractivity (Wildman–Crippen MR) is 52.2 cm³/mol. The van der Waals surface area contributed by atoms with Crippen LogP contribution < -0.4 is 4.74 Å². The van der Waals surface area contributed by atoms with Crippen molar-refractivity contribution in [3.63, 3.8) is 0 Å². The molecule has 2 heteroatoms. The van der Waals surface area contributed by atoms with Crippen LogP contribution in [0.25, 0.3) is 0 Å². The second kappa shape index (κ2) is 4.08. The Bertz CT molecular complexity index is 305. The highest BCUT2D eigenvalue weighted by atomic mass is 16.5. The molecule has 0 N–H and O–H groups in total. The quantitative estimate of drug-likeness (QED) is 0.664. The van der Waals surface area contributed by atoms with E-state index in [2.05, 4.69) is 0 Å². The minimum atomic E-state index is -0.0362. The second-order valence-corrected chi connectivity index (χ2v) is 3.15. The Morgan fingerprint density at radius 1 is 1.46 bits per heavy atom. The van der Waals surface area contributed by atoms with E-state index in [1.54, 1.807) is 7.11 Å². The molecule has 1 rings (SSSR count). The van der Waals surface area contributed by atoms with Crippen LogP contribution in [0.5, 0.6) is 5.75 Å². The van der Waals surface area contributed by atoms with Gasteiger partial charge in [-0.15, -0.1) is 0 Å². The van der Waals surface area contributed by atoms with Gasteiger partial charge in [-0.1, -0.05) is 13.0 Å². The molecule has 0 aliphatic carbocycles. The highest BCUT2D eigenvalue weighted by Crippen LogP contribution is 2.22. The maximum absolute atomic E-state index is 10.6. The number of ether oxygens (including phenoxy) is 1. The third-order valence-corrected chi connectivity index (χ3v) is 2.17. The van der Waals surface area contributed by atoms with E-state index in [9.17, 15) is 4.79 Å². The third-order valence-electron chi connectivity index (χ3n) is 2.17. The molecule has 0 heterocycles. The van der Waals surface area contributed by atoms with Crippen LogP contribution >= 0.6 is 0 Å². The summed E-state index contributed by atoms with van der Waals surface area (Å²) >= 11 is 0. The molecule has 13 heavy (non-hydrogen) atoms. The van der Waals surface area contributed by atoms with Crippen molar-refractivity contribution in [1.29, 1.82) is 0 Å². The van der Waals surface area contributed by atoms with Gasteiger partial charge in [-0.25, -0.2) is 0 Å². The second-order valence-electron chi connectivity index (χ2n) is 3.15. The fourth-order valence-corrected chi connectivity index (χ4v) is 1.36. The van der Waals surface area contributed by atoms with E-state index in [1.807, 2.05) is 32.0 Å². The molecule has 0 saturated carbocycles. The molecule has 0 amide bonds. The van der Waals surface area contributed by atoms with Gasteiger partial charge in [0, 0.05) is 5.92 Å². The summed E-state index contributed by atoms with van der Waals surface area (Å²) in [5.74, 6) is 0.797. The van der Waals surface area contributed by atoms with Gasteiger partial charge in [0.25, 0.3) is 0 Å². The Labute approximate surface area is 78.5 Å². The number of benzene rings is 1. The summed E-state index contributed by atoms with van der Waals surface area (Å²) in [5, 5.41) is 0. The SMILES string of the molecule is COc1ccc(C(C)C=O)c(C)c1. The standard InChI is InChI=1S/C11H14O2/c1-8-6-10(13-3)4-5-11(8)9(2)7-12/h4-7,9H,1-3H3. The summed E-state index contributed by atoms with van der Waals surface area (Å²) in [6.07, 6.45) is 0.953. The summed E-state index contributed by atoms with van der Waals surface area (Å²) in [6, 6.07) is 5.75. The number of aldehydes is 1. The van der Waals surface area contributed by atoms with Crippen molar-refractivity contribution in [1.82, 2.24) is 0 Å². The van der Waals surface area contributed by atoms with Crippen LogP contribution in [0.1, 0.15) is 24.0 Å². The van der Waals surface area contributed by atoms with E-state index in [0.717, 1.165) is 23.2 Å². The maximum Gasteiger partial charge on any atom is 0.127 e. The van der Waals surface area contributed by atoms with Crippen LogP contribution in [0, 0.1) is 6.92 Å². The fourth-order valence-electron chi connectivity index (χ4n) is 1.36. The number of aryl methyl sites for hydroxylation is 1. The molecule has 1 unspecified atom stereocenters. The van der Waals surface area contributed by atoms with Crippen molar-refractivity contribution < 1.29 is 9.53 Å². The molecule has 1 aromatic rings. The van der Waals surface area contributed by atoms with Crippen LogP contribution in [0.15, 0.2) is 18.2 Å². The van der Waals surface area contributed by atoms with Crippen LogP contribution in [0.3, 0.4) is 0 Å². The molecule has 2 nitrogen and oxygen atoms in total. The van der Waals surface area contributed by atoms with E-state index < -0.39 is 0 Å². The zero-order valence-electron chi connectivity index (χ0n) is 8.20. The van der Waals surface area contributed by atoms with Gasteiger partial charge in [0.15, 0.2) is 0 Å². The first-order valence-electron chi connectivity index (χ1n) is 4.29. The largest absolute Gasteiger partial charge is 0.497 e. The summed E-state index contributed by atoms with van der Waals surface area (Å²) in [6.45, 7) is 3.87. The molecule has 0 aromatic heterocycles. The van der Waals surface area contributed by atoms with E-state index in [4.69, 9.17) is 4.74 Å². The fraction of sp³-hybridized carbons (Fsp3) is 0.364. The molecule has 0 aliphatic rings. The predicted octanol–water partition coefficient (Wildman–Crippen LogP) is 2.31. The third kappa shape index (κ3) is 2.08. The van der Waals surface area contributed by atoms with Crippen LogP contribution in [0.2, 0.25) is 0 Å². The molecule has 1 aromatic carbocycles. The van der Waals surface area contributed by atoms with E-state index in [0.29, 0.717) is 0 Å². The average Bonchev–Trinajstić information content (AvgIpc) is 2.16. The van der Waals surface area contributed by atoms with Gasteiger partial charge in [-0.3, -0.25) is 0 Å². The molecule has 0 saturated heterocycles. The van der Waals surface area contributed by atoms with Crippen molar-refractivity contribution in [3.8, 4) is 5.75 Å². The summed E-state index contributed by atoms with van der Waals surface area (Å²) in [7, 11) is 1.64. The lowest BCUT2D eigenvalue weighted by Crippen LogP contribution is -1.97. The van der Waals surface area contributed by atoms with Gasteiger partial charge in [0.05, 0.1) is 7.11 Å². The van der Waals surface area contributed by atoms with Crippen molar-refractivity contribution in [2.45, 2.75) is 19.8 Å². The lowest BCUT2D eigenvalue weighted by molar-refractivity contribution is -0.108. The zero-order valence-corrected chi connectivity index (χ0v) is 8.20. The van der Waals surface area contributed by atoms with Gasteiger partial charge in [-0.2, -0.15) is 0 Å². The summed E-state index contributed by atoms with van der Waals surface area (Å²) in [4.78, 5) is 10.6. The minimum Gasteiger partial charge on any atom is -0.497 e. The summed E-state index contributed by atoms with van der Waals surface area (Å²) in [5.41, 5.74) is 2.16. The molecular weight excluding hydrogens is 164 g/mol. The van der Waals surface area contributed by atoms with Crippen molar-refractivity contribution in [2.75, 3.05) is 7.11 Å². The molecule has 0 spiro atoms. The van der Waals surface area contributed by atoms with Crippen molar-refractivity contribution in [2.24, 2.45) is 0 Å². The molecule has 0 radical (unpaired) electrons. The first-order chi connectivity index (χ1) is 6.19. The van der Waals surface area contributed by atoms with Crippen LogP contribution in [0.4, 0.5) is 0 Å². The maximum atomic E-state index is 10.6. The van der Waals surface area contributed by atoms with Gasteiger partial charge in [-0.05, 0) is 30.2 Å². The Morgan fingerprint density at radius 2 is 2.15 bits per heavy atom. The number of carbonyl (C=O) groups excluding carboxylic acids is 1. The van der Waals surface area contributed by atoms with Crippen LogP contribution in [-0.2, 0) is 4.79 Å². The lowest BCUT2D eigenvalue weighted by atomic mass is 9.98. The van der Waals surface area contributed by atoms with Crippen LogP contribution in [-0.4, -0.2) is 13.4 Å².